The van der Waals surface area contributed by atoms with Gasteiger partial charge in [-0.05, 0) is 32.5 Å². The fourth-order valence-corrected chi connectivity index (χ4v) is 3.56. The third-order valence-corrected chi connectivity index (χ3v) is 5.26. The van der Waals surface area contributed by atoms with Crippen molar-refractivity contribution in [1.29, 1.82) is 0 Å². The Kier molecular flexibility index (Phi) is 8.16. The van der Waals surface area contributed by atoms with Crippen LogP contribution in [0.2, 0.25) is 0 Å². The van der Waals surface area contributed by atoms with E-state index in [0.29, 0.717) is 37.5 Å². The van der Waals surface area contributed by atoms with Gasteiger partial charge in [-0.1, -0.05) is 18.2 Å². The largest absolute Gasteiger partial charge is 0.448 e. The predicted molar refractivity (Wildman–Crippen MR) is 114 cm³/mol. The van der Waals surface area contributed by atoms with E-state index in [1.54, 1.807) is 12.1 Å². The number of nitrogens with zero attached hydrogens (tertiary/aromatic N) is 2. The average Bonchev–Trinajstić information content (AvgIpc) is 3.21. The molecule has 9 heteroatoms. The lowest BCUT2D eigenvalue weighted by molar-refractivity contribution is -0.173. The van der Waals surface area contributed by atoms with Gasteiger partial charge >= 0.3 is 0 Å². The molecule has 9 nitrogen and oxygen atoms in total. The third-order valence-electron chi connectivity index (χ3n) is 5.26. The van der Waals surface area contributed by atoms with Crippen LogP contribution in [-0.2, 0) is 16.0 Å². The molecule has 3 rings (SSSR count). The Morgan fingerprint density at radius 1 is 1.26 bits per heavy atom. The van der Waals surface area contributed by atoms with E-state index in [1.807, 2.05) is 32.2 Å². The highest BCUT2D eigenvalue weighted by molar-refractivity contribution is 6.02. The molecule has 31 heavy (non-hydrogen) atoms. The number of likely N-dealkylation sites (N-methyl/N-ethyl adjacent to an activating group) is 1. The van der Waals surface area contributed by atoms with Crippen molar-refractivity contribution in [2.24, 2.45) is 0 Å². The lowest BCUT2D eigenvalue weighted by Gasteiger charge is -2.36. The second-order valence-electron chi connectivity index (χ2n) is 7.80. The summed E-state index contributed by atoms with van der Waals surface area (Å²) in [6.07, 6.45) is 2.54. The van der Waals surface area contributed by atoms with Crippen molar-refractivity contribution in [2.75, 3.05) is 25.5 Å². The maximum atomic E-state index is 12.2. The number of aliphatic hydroxyl groups excluding tert-OH is 1. The van der Waals surface area contributed by atoms with Crippen molar-refractivity contribution in [3.05, 3.63) is 48.2 Å². The summed E-state index contributed by atoms with van der Waals surface area (Å²) in [5.41, 5.74) is 0.847. The third kappa shape index (κ3) is 7.16. The number of hydrogen-bond acceptors (Lipinski definition) is 7. The van der Waals surface area contributed by atoms with E-state index < -0.39 is 6.29 Å². The summed E-state index contributed by atoms with van der Waals surface area (Å²) >= 11 is 0. The Labute approximate surface area is 181 Å². The molecule has 3 atom stereocenters. The Morgan fingerprint density at radius 2 is 2.03 bits per heavy atom. The van der Waals surface area contributed by atoms with Gasteiger partial charge in [0.2, 0.25) is 5.91 Å². The standard InChI is InChI=1S/C22H30N4O5/c1-15-12-17(13-21(28)31-15)26(2)11-10-23-19(27)8-9-20-25-18(14-30-20)22(29)24-16-6-4-3-5-7-16/h3-7,14-15,17,21,28H,8-13H2,1-2H3,(H,23,27)(H,24,29). The summed E-state index contributed by atoms with van der Waals surface area (Å²) in [6.45, 7) is 3.14. The van der Waals surface area contributed by atoms with Crippen LogP contribution in [0.1, 0.15) is 42.6 Å². The van der Waals surface area contributed by atoms with Gasteiger partial charge in [0.15, 0.2) is 17.9 Å². The first-order valence-corrected chi connectivity index (χ1v) is 10.5. The molecule has 2 heterocycles. The number of carbonyl (C=O) groups is 2. The smallest absolute Gasteiger partial charge is 0.277 e. The number of carbonyl (C=O) groups excluding carboxylic acids is 2. The number of benzene rings is 1. The second-order valence-corrected chi connectivity index (χ2v) is 7.80. The van der Waals surface area contributed by atoms with Gasteiger partial charge in [-0.2, -0.15) is 0 Å². The van der Waals surface area contributed by atoms with Gasteiger partial charge in [0.25, 0.3) is 5.91 Å². The van der Waals surface area contributed by atoms with E-state index in [2.05, 4.69) is 20.5 Å². The van der Waals surface area contributed by atoms with Gasteiger partial charge < -0.3 is 29.8 Å². The molecule has 0 spiro atoms. The summed E-state index contributed by atoms with van der Waals surface area (Å²) in [5.74, 6) is -0.126. The minimum absolute atomic E-state index is 0.0197. The molecule has 1 aliphatic heterocycles. The molecule has 0 radical (unpaired) electrons. The number of para-hydroxylation sites is 1. The maximum Gasteiger partial charge on any atom is 0.277 e. The molecular weight excluding hydrogens is 400 g/mol. The van der Waals surface area contributed by atoms with Crippen molar-refractivity contribution in [2.45, 2.75) is 51.0 Å². The molecule has 1 aromatic carbocycles. The zero-order chi connectivity index (χ0) is 22.2. The molecule has 2 aromatic rings. The number of hydrogen-bond donors (Lipinski definition) is 3. The van der Waals surface area contributed by atoms with Crippen molar-refractivity contribution in [3.8, 4) is 0 Å². The molecule has 1 aromatic heterocycles. The Bertz CT molecular complexity index is 847. The molecule has 0 saturated carbocycles. The Hall–Kier alpha value is -2.75. The van der Waals surface area contributed by atoms with Gasteiger partial charge in [0.1, 0.15) is 6.26 Å². The van der Waals surface area contributed by atoms with Crippen molar-refractivity contribution >= 4 is 17.5 Å². The van der Waals surface area contributed by atoms with Crippen LogP contribution in [0.25, 0.3) is 0 Å². The first-order valence-electron chi connectivity index (χ1n) is 10.5. The van der Waals surface area contributed by atoms with Crippen LogP contribution in [0, 0.1) is 0 Å². The van der Waals surface area contributed by atoms with Gasteiger partial charge in [0.05, 0.1) is 6.10 Å². The average molecular weight is 431 g/mol. The first kappa shape index (κ1) is 22.9. The molecule has 1 fully saturated rings. The maximum absolute atomic E-state index is 12.2. The molecular formula is C22H30N4O5. The summed E-state index contributed by atoms with van der Waals surface area (Å²) in [6, 6.07) is 9.31. The van der Waals surface area contributed by atoms with E-state index in [0.717, 1.165) is 6.42 Å². The molecule has 0 bridgehead atoms. The fraction of sp³-hybridized carbons (Fsp3) is 0.500. The molecule has 168 valence electrons. The molecule has 1 aliphatic rings. The van der Waals surface area contributed by atoms with E-state index in [1.165, 1.54) is 6.26 Å². The fourth-order valence-electron chi connectivity index (χ4n) is 3.56. The normalized spacial score (nSPS) is 21.1. The van der Waals surface area contributed by atoms with Crippen LogP contribution in [0.4, 0.5) is 5.69 Å². The number of ether oxygens (including phenoxy) is 1. The highest BCUT2D eigenvalue weighted by atomic mass is 16.6. The van der Waals surface area contributed by atoms with Gasteiger partial charge in [-0.15, -0.1) is 0 Å². The zero-order valence-corrected chi connectivity index (χ0v) is 17.9. The first-order chi connectivity index (χ1) is 14.9. The minimum Gasteiger partial charge on any atom is -0.448 e. The molecule has 2 amide bonds. The summed E-state index contributed by atoms with van der Waals surface area (Å²) in [4.78, 5) is 30.6. The van der Waals surface area contributed by atoms with Crippen molar-refractivity contribution < 1.29 is 23.8 Å². The summed E-state index contributed by atoms with van der Waals surface area (Å²) in [7, 11) is 1.98. The SMILES string of the molecule is CC1CC(N(C)CCNC(=O)CCc2nc(C(=O)Nc3ccccc3)co2)CC(O)O1. The number of aryl methyl sites for hydroxylation is 1. The van der Waals surface area contributed by atoms with E-state index >= 15 is 0 Å². The number of rotatable bonds is 9. The summed E-state index contributed by atoms with van der Waals surface area (Å²) < 4.78 is 10.7. The van der Waals surface area contributed by atoms with E-state index in [-0.39, 0.29) is 36.1 Å². The van der Waals surface area contributed by atoms with Crippen LogP contribution >= 0.6 is 0 Å². The van der Waals surface area contributed by atoms with Crippen LogP contribution in [0.5, 0.6) is 0 Å². The number of aliphatic hydroxyl groups is 1. The van der Waals surface area contributed by atoms with Crippen LogP contribution < -0.4 is 10.6 Å². The number of anilines is 1. The lowest BCUT2D eigenvalue weighted by atomic mass is 10.0. The highest BCUT2D eigenvalue weighted by Gasteiger charge is 2.28. The number of nitrogens with one attached hydrogen (secondary N) is 2. The van der Waals surface area contributed by atoms with Crippen LogP contribution in [-0.4, -0.2) is 65.4 Å². The van der Waals surface area contributed by atoms with E-state index in [9.17, 15) is 14.7 Å². The highest BCUT2D eigenvalue weighted by Crippen LogP contribution is 2.21. The van der Waals surface area contributed by atoms with Gasteiger partial charge in [0, 0.05) is 44.1 Å². The number of oxazole rings is 1. The monoisotopic (exact) mass is 430 g/mol. The van der Waals surface area contributed by atoms with Crippen molar-refractivity contribution in [3.63, 3.8) is 0 Å². The minimum atomic E-state index is -0.730. The second kappa shape index (κ2) is 11.0. The molecule has 0 aliphatic carbocycles. The molecule has 1 saturated heterocycles. The molecule has 3 unspecified atom stereocenters. The quantitative estimate of drug-likeness (QED) is 0.555. The van der Waals surface area contributed by atoms with Gasteiger partial charge in [-0.25, -0.2) is 4.98 Å². The lowest BCUT2D eigenvalue weighted by Crippen LogP contribution is -2.45. The van der Waals surface area contributed by atoms with E-state index in [4.69, 9.17) is 9.15 Å². The molecule has 3 N–H and O–H groups in total. The van der Waals surface area contributed by atoms with Crippen LogP contribution in [0.3, 0.4) is 0 Å². The summed E-state index contributed by atoms with van der Waals surface area (Å²) in [5, 5.41) is 15.4. The van der Waals surface area contributed by atoms with Crippen LogP contribution in [0.15, 0.2) is 41.0 Å². The topological polar surface area (TPSA) is 117 Å². The van der Waals surface area contributed by atoms with Crippen molar-refractivity contribution in [1.82, 2.24) is 15.2 Å². The Balaban J connectivity index is 1.36. The van der Waals surface area contributed by atoms with Gasteiger partial charge in [-0.3, -0.25) is 9.59 Å². The number of aromatic nitrogens is 1. The Morgan fingerprint density at radius 3 is 2.77 bits per heavy atom. The predicted octanol–water partition coefficient (Wildman–Crippen LogP) is 1.79. The number of amides is 2. The zero-order valence-electron chi connectivity index (χ0n) is 17.9.